The fraction of sp³-hybridized carbons (Fsp3) is 0.0385. The standard InChI is InChI=1S/C26H16Cl2F3N5OS/c27-21-2-1-3-22(28)24(21)34-25(38)35-32-13-15-4-10-19-16(12-15)5-11-23-20(19)14-33-36(23)17-6-8-18(9-7-17)37-26(29,30)31/h1-14H,(H2,34,35,38)/b32-13+. The first kappa shape index (κ1) is 25.8. The van der Waals surface area contributed by atoms with Crippen LogP contribution in [0.2, 0.25) is 10.0 Å². The van der Waals surface area contributed by atoms with Crippen molar-refractivity contribution in [2.75, 3.05) is 5.32 Å². The van der Waals surface area contributed by atoms with Crippen LogP contribution in [0.4, 0.5) is 18.9 Å². The number of aromatic nitrogens is 2. The molecule has 1 aromatic heterocycles. The van der Waals surface area contributed by atoms with Crippen molar-refractivity contribution in [3.05, 3.63) is 94.6 Å². The minimum absolute atomic E-state index is 0.226. The summed E-state index contributed by atoms with van der Waals surface area (Å²) in [5.41, 5.74) is 5.47. The number of nitrogens with zero attached hydrogens (tertiary/aromatic N) is 3. The van der Waals surface area contributed by atoms with Crippen LogP contribution in [0.25, 0.3) is 27.4 Å². The summed E-state index contributed by atoms with van der Waals surface area (Å²) in [6.45, 7) is 0. The molecule has 0 saturated heterocycles. The Morgan fingerprint density at radius 3 is 2.42 bits per heavy atom. The maximum absolute atomic E-state index is 12.4. The molecule has 0 unspecified atom stereocenters. The molecule has 0 spiro atoms. The Balaban J connectivity index is 1.32. The van der Waals surface area contributed by atoms with Gasteiger partial charge in [0, 0.05) is 5.39 Å². The predicted octanol–water partition coefficient (Wildman–Crippen LogP) is 7.70. The molecule has 0 radical (unpaired) electrons. The molecule has 192 valence electrons. The highest BCUT2D eigenvalue weighted by Crippen LogP contribution is 2.30. The van der Waals surface area contributed by atoms with Gasteiger partial charge in [0.25, 0.3) is 0 Å². The molecule has 5 rings (SSSR count). The lowest BCUT2D eigenvalue weighted by Gasteiger charge is -2.10. The van der Waals surface area contributed by atoms with Crippen LogP contribution in [0.5, 0.6) is 5.75 Å². The van der Waals surface area contributed by atoms with E-state index in [1.807, 2.05) is 30.3 Å². The van der Waals surface area contributed by atoms with Crippen molar-refractivity contribution in [2.45, 2.75) is 6.36 Å². The Morgan fingerprint density at radius 1 is 0.974 bits per heavy atom. The van der Waals surface area contributed by atoms with E-state index in [-0.39, 0.29) is 10.9 Å². The van der Waals surface area contributed by atoms with Gasteiger partial charge in [-0.2, -0.15) is 10.2 Å². The highest BCUT2D eigenvalue weighted by atomic mass is 35.5. The SMILES string of the molecule is FC(F)(F)Oc1ccc(-n2ncc3c4ccc(/C=N/NC(=S)Nc5c(Cl)cccc5Cl)cc4ccc32)cc1. The van der Waals surface area contributed by atoms with Crippen molar-refractivity contribution in [1.82, 2.24) is 15.2 Å². The van der Waals surface area contributed by atoms with Gasteiger partial charge in [-0.3, -0.25) is 5.43 Å². The van der Waals surface area contributed by atoms with Gasteiger partial charge >= 0.3 is 6.36 Å². The molecule has 6 nitrogen and oxygen atoms in total. The van der Waals surface area contributed by atoms with Crippen LogP contribution in [0.3, 0.4) is 0 Å². The van der Waals surface area contributed by atoms with Gasteiger partial charge < -0.3 is 10.1 Å². The van der Waals surface area contributed by atoms with Gasteiger partial charge in [0.1, 0.15) is 5.75 Å². The maximum atomic E-state index is 12.4. The number of halogens is 5. The smallest absolute Gasteiger partial charge is 0.406 e. The molecule has 2 N–H and O–H groups in total. The monoisotopic (exact) mass is 573 g/mol. The first-order valence-corrected chi connectivity index (χ1v) is 12.2. The van der Waals surface area contributed by atoms with Crippen molar-refractivity contribution in [3.63, 3.8) is 0 Å². The summed E-state index contributed by atoms with van der Waals surface area (Å²) in [7, 11) is 0. The summed E-state index contributed by atoms with van der Waals surface area (Å²) in [4.78, 5) is 0. The third-order valence-corrected chi connectivity index (χ3v) is 6.31. The third-order valence-electron chi connectivity index (χ3n) is 5.49. The molecule has 0 aliphatic rings. The lowest BCUT2D eigenvalue weighted by atomic mass is 10.0. The van der Waals surface area contributed by atoms with Crippen molar-refractivity contribution in [1.29, 1.82) is 0 Å². The van der Waals surface area contributed by atoms with E-state index in [4.69, 9.17) is 35.4 Å². The summed E-state index contributed by atoms with van der Waals surface area (Å²) in [5.74, 6) is -0.295. The number of fused-ring (bicyclic) bond motifs is 3. The van der Waals surface area contributed by atoms with Crippen LogP contribution in [-0.4, -0.2) is 27.5 Å². The maximum Gasteiger partial charge on any atom is 0.573 e. The second kappa shape index (κ2) is 10.5. The van der Waals surface area contributed by atoms with Gasteiger partial charge in [-0.05, 0) is 77.1 Å². The number of para-hydroxylation sites is 1. The highest BCUT2D eigenvalue weighted by Gasteiger charge is 2.31. The molecule has 0 amide bonds. The second-order valence-electron chi connectivity index (χ2n) is 8.00. The first-order chi connectivity index (χ1) is 18.2. The van der Waals surface area contributed by atoms with Gasteiger partial charge in [-0.15, -0.1) is 13.2 Å². The number of anilines is 1. The zero-order valence-corrected chi connectivity index (χ0v) is 21.5. The van der Waals surface area contributed by atoms with Gasteiger partial charge in [0.2, 0.25) is 0 Å². The Kier molecular flexibility index (Phi) is 7.11. The van der Waals surface area contributed by atoms with E-state index in [2.05, 4.69) is 25.7 Å². The molecular weight excluding hydrogens is 558 g/mol. The Labute approximate surface area is 229 Å². The molecule has 0 atom stereocenters. The fourth-order valence-electron chi connectivity index (χ4n) is 3.86. The normalized spacial score (nSPS) is 11.8. The van der Waals surface area contributed by atoms with Crippen LogP contribution in [0.1, 0.15) is 5.56 Å². The van der Waals surface area contributed by atoms with Crippen molar-refractivity contribution < 1.29 is 17.9 Å². The van der Waals surface area contributed by atoms with Gasteiger partial charge in [-0.25, -0.2) is 4.68 Å². The van der Waals surface area contributed by atoms with Crippen molar-refractivity contribution in [3.8, 4) is 11.4 Å². The third kappa shape index (κ3) is 5.67. The van der Waals surface area contributed by atoms with E-state index in [1.54, 1.807) is 35.3 Å². The molecule has 0 aliphatic carbocycles. The number of alkyl halides is 3. The Hall–Kier alpha value is -3.86. The number of nitrogens with one attached hydrogen (secondary N) is 2. The Morgan fingerprint density at radius 2 is 1.71 bits per heavy atom. The summed E-state index contributed by atoms with van der Waals surface area (Å²) >= 11 is 17.5. The first-order valence-electron chi connectivity index (χ1n) is 11.0. The van der Waals surface area contributed by atoms with Gasteiger partial charge in [0.15, 0.2) is 5.11 Å². The van der Waals surface area contributed by atoms with E-state index in [1.165, 1.54) is 24.3 Å². The molecular formula is C26H16Cl2F3N5OS. The Bertz CT molecular complexity index is 1670. The highest BCUT2D eigenvalue weighted by molar-refractivity contribution is 7.80. The summed E-state index contributed by atoms with van der Waals surface area (Å²) < 4.78 is 42.9. The van der Waals surface area contributed by atoms with Crippen LogP contribution in [0, 0.1) is 0 Å². The number of hydrogen-bond acceptors (Lipinski definition) is 4. The average molecular weight is 574 g/mol. The zero-order chi connectivity index (χ0) is 26.9. The lowest BCUT2D eigenvalue weighted by molar-refractivity contribution is -0.274. The molecule has 1 heterocycles. The van der Waals surface area contributed by atoms with Crippen molar-refractivity contribution in [2.24, 2.45) is 5.10 Å². The molecule has 12 heteroatoms. The summed E-state index contributed by atoms with van der Waals surface area (Å²) in [6.07, 6.45) is -1.40. The van der Waals surface area contributed by atoms with Crippen LogP contribution < -0.4 is 15.5 Å². The molecule has 4 aromatic carbocycles. The molecule has 0 saturated carbocycles. The van der Waals surface area contributed by atoms with E-state index in [9.17, 15) is 13.2 Å². The van der Waals surface area contributed by atoms with E-state index >= 15 is 0 Å². The average Bonchev–Trinajstić information content (AvgIpc) is 3.30. The van der Waals surface area contributed by atoms with E-state index in [0.717, 1.165) is 27.2 Å². The number of ether oxygens (including phenoxy) is 1. The molecule has 5 aromatic rings. The number of rotatable bonds is 5. The lowest BCUT2D eigenvalue weighted by Crippen LogP contribution is -2.24. The van der Waals surface area contributed by atoms with Gasteiger partial charge in [-0.1, -0.05) is 47.5 Å². The summed E-state index contributed by atoms with van der Waals surface area (Å²) in [6, 6.07) is 20.3. The largest absolute Gasteiger partial charge is 0.573 e. The molecule has 0 fully saturated rings. The van der Waals surface area contributed by atoms with Crippen LogP contribution >= 0.6 is 35.4 Å². The molecule has 0 aliphatic heterocycles. The van der Waals surface area contributed by atoms with E-state index in [0.29, 0.717) is 21.4 Å². The van der Waals surface area contributed by atoms with Crippen LogP contribution in [0.15, 0.2) is 84.1 Å². The summed E-state index contributed by atoms with van der Waals surface area (Å²) in [5, 5.41) is 15.4. The molecule has 0 bridgehead atoms. The van der Waals surface area contributed by atoms with Crippen LogP contribution in [-0.2, 0) is 0 Å². The van der Waals surface area contributed by atoms with Crippen molar-refractivity contribution >= 4 is 74.1 Å². The zero-order valence-electron chi connectivity index (χ0n) is 19.1. The van der Waals surface area contributed by atoms with E-state index < -0.39 is 6.36 Å². The van der Waals surface area contributed by atoms with Gasteiger partial charge in [0.05, 0.1) is 39.3 Å². The number of benzene rings is 4. The fourth-order valence-corrected chi connectivity index (χ4v) is 4.50. The predicted molar refractivity (Wildman–Crippen MR) is 149 cm³/mol. The minimum atomic E-state index is -4.74. The number of hydrazone groups is 1. The number of thiocarbonyl (C=S) groups is 1. The molecule has 38 heavy (non-hydrogen) atoms. The second-order valence-corrected chi connectivity index (χ2v) is 9.22. The quantitative estimate of drug-likeness (QED) is 0.128. The topological polar surface area (TPSA) is 63.5 Å². The minimum Gasteiger partial charge on any atom is -0.406 e. The number of hydrogen-bond donors (Lipinski definition) is 2.